The molecule has 1 fully saturated rings. The fourth-order valence-corrected chi connectivity index (χ4v) is 2.35. The van der Waals surface area contributed by atoms with Crippen LogP contribution in [0.5, 0.6) is 5.75 Å². The second-order valence-electron chi connectivity index (χ2n) is 5.09. The van der Waals surface area contributed by atoms with Crippen molar-refractivity contribution < 1.29 is 9.53 Å². The molecule has 1 saturated heterocycles. The molecule has 0 bridgehead atoms. The summed E-state index contributed by atoms with van der Waals surface area (Å²) >= 11 is 0. The number of piperidine rings is 1. The molecule has 2 unspecified atom stereocenters. The van der Waals surface area contributed by atoms with Crippen LogP contribution >= 0.6 is 0 Å². The Kier molecular flexibility index (Phi) is 5.18. The van der Waals surface area contributed by atoms with Gasteiger partial charge in [0.05, 0.1) is 0 Å². The van der Waals surface area contributed by atoms with Crippen molar-refractivity contribution in [3.8, 4) is 5.75 Å². The molecule has 0 aromatic heterocycles. The van der Waals surface area contributed by atoms with Crippen LogP contribution in [0.3, 0.4) is 0 Å². The normalized spacial score (nSPS) is 22.1. The van der Waals surface area contributed by atoms with E-state index in [-0.39, 0.29) is 11.9 Å². The highest BCUT2D eigenvalue weighted by Gasteiger charge is 2.22. The van der Waals surface area contributed by atoms with Gasteiger partial charge in [-0.15, -0.1) is 0 Å². The number of carbonyl (C=O) groups excluding carboxylic acids is 1. The summed E-state index contributed by atoms with van der Waals surface area (Å²) < 4.78 is 5.40. The van der Waals surface area contributed by atoms with Crippen molar-refractivity contribution in [2.75, 3.05) is 13.2 Å². The Morgan fingerprint density at radius 2 is 2.25 bits per heavy atom. The molecule has 1 aliphatic rings. The first kappa shape index (κ1) is 14.6. The van der Waals surface area contributed by atoms with Gasteiger partial charge >= 0.3 is 0 Å². The Labute approximate surface area is 120 Å². The number of hydrogen-bond donors (Lipinski definition) is 2. The van der Waals surface area contributed by atoms with E-state index in [1.807, 2.05) is 0 Å². The van der Waals surface area contributed by atoms with Crippen LogP contribution in [0.4, 0.5) is 0 Å². The topological polar surface area (TPSA) is 50.4 Å². The molecular weight excluding hydrogens is 252 g/mol. The van der Waals surface area contributed by atoms with E-state index in [4.69, 9.17) is 4.74 Å². The molecule has 0 radical (unpaired) electrons. The summed E-state index contributed by atoms with van der Waals surface area (Å²) in [5.41, 5.74) is 0.661. The molecule has 0 aliphatic carbocycles. The highest BCUT2D eigenvalue weighted by molar-refractivity contribution is 5.94. The highest BCUT2D eigenvalue weighted by Crippen LogP contribution is 2.14. The van der Waals surface area contributed by atoms with Crippen LogP contribution in [-0.4, -0.2) is 31.1 Å². The Morgan fingerprint density at radius 1 is 1.50 bits per heavy atom. The lowest BCUT2D eigenvalue weighted by atomic mass is 9.99. The van der Waals surface area contributed by atoms with E-state index in [1.165, 1.54) is 0 Å². The van der Waals surface area contributed by atoms with E-state index in [0.717, 1.165) is 25.1 Å². The van der Waals surface area contributed by atoms with Crippen LogP contribution in [0, 0.1) is 0 Å². The largest absolute Gasteiger partial charge is 0.490 e. The maximum Gasteiger partial charge on any atom is 0.251 e. The van der Waals surface area contributed by atoms with Gasteiger partial charge in [0.25, 0.3) is 5.91 Å². The van der Waals surface area contributed by atoms with Crippen molar-refractivity contribution >= 4 is 5.91 Å². The van der Waals surface area contributed by atoms with Gasteiger partial charge in [0.2, 0.25) is 0 Å². The van der Waals surface area contributed by atoms with Crippen molar-refractivity contribution in [3.63, 3.8) is 0 Å². The predicted octanol–water partition coefficient (Wildman–Crippen LogP) is 2.12. The van der Waals surface area contributed by atoms with Crippen molar-refractivity contribution in [2.45, 2.75) is 31.8 Å². The quantitative estimate of drug-likeness (QED) is 0.809. The number of hydrogen-bond acceptors (Lipinski definition) is 3. The van der Waals surface area contributed by atoms with Gasteiger partial charge in [-0.3, -0.25) is 4.79 Å². The first-order chi connectivity index (χ1) is 9.70. The summed E-state index contributed by atoms with van der Waals surface area (Å²) in [5, 5.41) is 6.47. The number of ether oxygens (including phenoxy) is 1. The molecule has 1 heterocycles. The fourth-order valence-electron chi connectivity index (χ4n) is 2.35. The first-order valence-electron chi connectivity index (χ1n) is 7.08. The van der Waals surface area contributed by atoms with Crippen molar-refractivity contribution in [2.24, 2.45) is 0 Å². The second kappa shape index (κ2) is 7.10. The third-order valence-electron chi connectivity index (χ3n) is 3.56. The molecule has 2 N–H and O–H groups in total. The van der Waals surface area contributed by atoms with Gasteiger partial charge in [0, 0.05) is 17.6 Å². The van der Waals surface area contributed by atoms with Crippen molar-refractivity contribution in [3.05, 3.63) is 42.5 Å². The lowest BCUT2D eigenvalue weighted by Crippen LogP contribution is -2.51. The lowest BCUT2D eigenvalue weighted by Gasteiger charge is -2.30. The molecule has 1 aromatic rings. The van der Waals surface area contributed by atoms with Crippen LogP contribution in [0.2, 0.25) is 0 Å². The number of rotatable bonds is 5. The highest BCUT2D eigenvalue weighted by atomic mass is 16.5. The monoisotopic (exact) mass is 274 g/mol. The average molecular weight is 274 g/mol. The van der Waals surface area contributed by atoms with Gasteiger partial charge in [-0.05, 0) is 50.6 Å². The molecule has 108 valence electrons. The molecule has 2 rings (SSSR count). The predicted molar refractivity (Wildman–Crippen MR) is 80.1 cm³/mol. The van der Waals surface area contributed by atoms with Gasteiger partial charge in [-0.1, -0.05) is 12.7 Å². The van der Waals surface area contributed by atoms with E-state index in [1.54, 1.807) is 30.3 Å². The number of carbonyl (C=O) groups is 1. The van der Waals surface area contributed by atoms with Gasteiger partial charge in [-0.25, -0.2) is 0 Å². The van der Waals surface area contributed by atoms with E-state index in [9.17, 15) is 4.79 Å². The summed E-state index contributed by atoms with van der Waals surface area (Å²) in [4.78, 5) is 12.2. The molecular formula is C16H22N2O2. The van der Waals surface area contributed by atoms with Gasteiger partial charge in [0.1, 0.15) is 12.4 Å². The van der Waals surface area contributed by atoms with E-state index in [0.29, 0.717) is 18.2 Å². The third kappa shape index (κ3) is 3.84. The maximum atomic E-state index is 12.2. The van der Waals surface area contributed by atoms with Crippen LogP contribution < -0.4 is 15.4 Å². The Bertz CT molecular complexity index is 456. The molecule has 20 heavy (non-hydrogen) atoms. The van der Waals surface area contributed by atoms with Gasteiger partial charge < -0.3 is 15.4 Å². The van der Waals surface area contributed by atoms with Crippen LogP contribution in [0.25, 0.3) is 0 Å². The Balaban J connectivity index is 1.93. The summed E-state index contributed by atoms with van der Waals surface area (Å²) in [6.07, 6.45) is 3.82. The summed E-state index contributed by atoms with van der Waals surface area (Å²) in [5.74, 6) is 0.718. The second-order valence-corrected chi connectivity index (χ2v) is 5.09. The standard InChI is InChI=1S/C16H22N2O2/c1-3-11-20-14-8-6-13(7-9-14)16(19)18-15-5-4-10-17-12(15)2/h3,6-9,12,15,17H,1,4-5,10-11H2,2H3,(H,18,19). The van der Waals surface area contributed by atoms with Crippen molar-refractivity contribution in [1.82, 2.24) is 10.6 Å². The third-order valence-corrected chi connectivity index (χ3v) is 3.56. The summed E-state index contributed by atoms with van der Waals surface area (Å²) in [7, 11) is 0. The molecule has 1 aliphatic heterocycles. The zero-order valence-corrected chi connectivity index (χ0v) is 11.9. The van der Waals surface area contributed by atoms with E-state index >= 15 is 0 Å². The van der Waals surface area contributed by atoms with Crippen LogP contribution in [0.1, 0.15) is 30.1 Å². The van der Waals surface area contributed by atoms with Crippen molar-refractivity contribution in [1.29, 1.82) is 0 Å². The van der Waals surface area contributed by atoms with Crippen LogP contribution in [-0.2, 0) is 0 Å². The minimum atomic E-state index is -0.0270. The fraction of sp³-hybridized carbons (Fsp3) is 0.438. The zero-order chi connectivity index (χ0) is 14.4. The maximum absolute atomic E-state index is 12.2. The van der Waals surface area contributed by atoms with Gasteiger partial charge in [-0.2, -0.15) is 0 Å². The minimum absolute atomic E-state index is 0.0270. The Morgan fingerprint density at radius 3 is 2.90 bits per heavy atom. The summed E-state index contributed by atoms with van der Waals surface area (Å²) in [6, 6.07) is 7.71. The number of amides is 1. The Hall–Kier alpha value is -1.81. The first-order valence-corrected chi connectivity index (χ1v) is 7.08. The average Bonchev–Trinajstić information content (AvgIpc) is 2.48. The summed E-state index contributed by atoms with van der Waals surface area (Å²) in [6.45, 7) is 7.21. The minimum Gasteiger partial charge on any atom is -0.490 e. The van der Waals surface area contributed by atoms with E-state index < -0.39 is 0 Å². The SMILES string of the molecule is C=CCOc1ccc(C(=O)NC2CCCNC2C)cc1. The van der Waals surface area contributed by atoms with Gasteiger partial charge in [0.15, 0.2) is 0 Å². The smallest absolute Gasteiger partial charge is 0.251 e. The molecule has 2 atom stereocenters. The molecule has 0 spiro atoms. The molecule has 1 aromatic carbocycles. The lowest BCUT2D eigenvalue weighted by molar-refractivity contribution is 0.0920. The zero-order valence-electron chi connectivity index (χ0n) is 11.9. The molecule has 4 nitrogen and oxygen atoms in total. The number of benzene rings is 1. The molecule has 1 amide bonds. The number of nitrogens with one attached hydrogen (secondary N) is 2. The van der Waals surface area contributed by atoms with E-state index in [2.05, 4.69) is 24.1 Å². The van der Waals surface area contributed by atoms with Crippen LogP contribution in [0.15, 0.2) is 36.9 Å². The molecule has 4 heteroatoms. The molecule has 0 saturated carbocycles.